The molecular weight excluding hydrogens is 270 g/mol. The van der Waals surface area contributed by atoms with Gasteiger partial charge in [-0.1, -0.05) is 18.2 Å². The highest BCUT2D eigenvalue weighted by Crippen LogP contribution is 2.51. The Hall–Kier alpha value is -1.75. The van der Waals surface area contributed by atoms with E-state index in [1.165, 1.54) is 0 Å². The number of hydrogen-bond acceptors (Lipinski definition) is 4. The molecule has 0 aliphatic heterocycles. The Bertz CT molecular complexity index is 627. The molecule has 0 heterocycles. The molecule has 4 atom stereocenters. The van der Waals surface area contributed by atoms with Gasteiger partial charge >= 0.3 is 0 Å². The first kappa shape index (κ1) is 14.2. The summed E-state index contributed by atoms with van der Waals surface area (Å²) in [5.41, 5.74) is 1.18. The van der Waals surface area contributed by atoms with Crippen molar-refractivity contribution < 1.29 is 14.8 Å². The summed E-state index contributed by atoms with van der Waals surface area (Å²) in [5, 5.41) is 22.1. The summed E-state index contributed by atoms with van der Waals surface area (Å²) in [4.78, 5) is 23.5. The van der Waals surface area contributed by atoms with E-state index < -0.39 is 28.4 Å². The zero-order chi connectivity index (χ0) is 15.4. The van der Waals surface area contributed by atoms with E-state index in [1.54, 1.807) is 0 Å². The molecule has 1 N–H and O–H groups in total. The lowest BCUT2D eigenvalue weighted by atomic mass is 9.82. The van der Waals surface area contributed by atoms with E-state index >= 15 is 0 Å². The van der Waals surface area contributed by atoms with Crippen LogP contribution in [0.1, 0.15) is 41.9 Å². The van der Waals surface area contributed by atoms with E-state index in [2.05, 4.69) is 0 Å². The molecule has 1 aromatic rings. The summed E-state index contributed by atoms with van der Waals surface area (Å²) < 4.78 is 0. The number of nitro groups is 1. The fraction of sp³-hybridized carbons (Fsp3) is 0.562. The van der Waals surface area contributed by atoms with Crippen molar-refractivity contribution in [2.45, 2.75) is 50.7 Å². The van der Waals surface area contributed by atoms with E-state index in [0.29, 0.717) is 12.8 Å². The van der Waals surface area contributed by atoms with Crippen LogP contribution in [0.2, 0.25) is 0 Å². The fourth-order valence-electron chi connectivity index (χ4n) is 4.01. The second-order valence-electron chi connectivity index (χ2n) is 6.39. The summed E-state index contributed by atoms with van der Waals surface area (Å²) in [6.07, 6.45) is 1.50. The molecule has 0 amide bonds. The predicted octanol–water partition coefficient (Wildman–Crippen LogP) is 2.15. The second kappa shape index (κ2) is 4.63. The predicted molar refractivity (Wildman–Crippen MR) is 76.7 cm³/mol. The molecule has 5 heteroatoms. The number of aryl methyl sites for hydroxylation is 2. The van der Waals surface area contributed by atoms with Crippen molar-refractivity contribution in [3.05, 3.63) is 45.0 Å². The number of fused-ring (bicyclic) bond motifs is 2. The average Bonchev–Trinajstić information content (AvgIpc) is 2.56. The van der Waals surface area contributed by atoms with Crippen LogP contribution < -0.4 is 0 Å². The largest absolute Gasteiger partial charge is 0.376 e. The van der Waals surface area contributed by atoms with Gasteiger partial charge in [0.2, 0.25) is 0 Å². The molecule has 5 nitrogen and oxygen atoms in total. The number of Topliss-reactive ketones (excluding diaryl/α,β-unsaturated/α-hetero) is 1. The zero-order valence-corrected chi connectivity index (χ0v) is 12.2. The highest BCUT2D eigenvalue weighted by atomic mass is 16.6. The molecule has 0 saturated heterocycles. The molecular formula is C16H19NO4. The number of ketones is 1. The SMILES string of the molecule is Cc1ccc([C@H]2[C@@H]3CCC[C@@](O)(C3=O)[C@H]2[N+](=O)[O-])cc1C. The van der Waals surface area contributed by atoms with Crippen LogP contribution in [0, 0.1) is 29.9 Å². The minimum absolute atomic E-state index is 0.204. The van der Waals surface area contributed by atoms with Crippen molar-refractivity contribution in [1.82, 2.24) is 0 Å². The van der Waals surface area contributed by atoms with E-state index in [4.69, 9.17) is 0 Å². The van der Waals surface area contributed by atoms with Crippen LogP contribution in [0.25, 0.3) is 0 Å². The minimum Gasteiger partial charge on any atom is -0.376 e. The van der Waals surface area contributed by atoms with Crippen molar-refractivity contribution in [2.75, 3.05) is 0 Å². The first-order valence-corrected chi connectivity index (χ1v) is 7.33. The van der Waals surface area contributed by atoms with Gasteiger partial charge in [0.25, 0.3) is 6.04 Å². The maximum atomic E-state index is 12.4. The number of rotatable bonds is 2. The zero-order valence-electron chi connectivity index (χ0n) is 12.2. The third-order valence-corrected chi connectivity index (χ3v) is 5.24. The molecule has 21 heavy (non-hydrogen) atoms. The molecule has 2 saturated carbocycles. The average molecular weight is 289 g/mol. The first-order chi connectivity index (χ1) is 9.86. The van der Waals surface area contributed by atoms with Crippen molar-refractivity contribution in [3.63, 3.8) is 0 Å². The normalized spacial score (nSPS) is 35.0. The highest BCUT2D eigenvalue weighted by Gasteiger charge is 2.67. The molecule has 112 valence electrons. The number of carbonyl (C=O) groups excluding carboxylic acids is 1. The number of benzene rings is 1. The Balaban J connectivity index is 2.13. The number of aliphatic hydroxyl groups is 1. The van der Waals surface area contributed by atoms with Gasteiger partial charge in [0, 0.05) is 10.8 Å². The maximum Gasteiger partial charge on any atom is 0.255 e. The van der Waals surface area contributed by atoms with E-state index in [1.807, 2.05) is 32.0 Å². The smallest absolute Gasteiger partial charge is 0.255 e. The van der Waals surface area contributed by atoms with Gasteiger partial charge in [0.05, 0.1) is 5.92 Å². The quantitative estimate of drug-likeness (QED) is 0.668. The van der Waals surface area contributed by atoms with Gasteiger partial charge in [-0.2, -0.15) is 0 Å². The van der Waals surface area contributed by atoms with Crippen LogP contribution in [0.5, 0.6) is 0 Å². The maximum absolute atomic E-state index is 12.4. The summed E-state index contributed by atoms with van der Waals surface area (Å²) >= 11 is 0. The van der Waals surface area contributed by atoms with Gasteiger partial charge < -0.3 is 5.11 Å². The standard InChI is InChI=1S/C16H19NO4/c1-9-5-6-11(8-10(9)2)13-12-4-3-7-16(19,15(12)18)14(13)17(20)21/h5-6,8,12-14,19H,3-4,7H2,1-2H3/t12-,13-,14-,16-/m0/s1. The monoisotopic (exact) mass is 289 g/mol. The molecule has 2 fully saturated rings. The van der Waals surface area contributed by atoms with Crippen LogP contribution in [-0.4, -0.2) is 27.5 Å². The number of nitrogens with zero attached hydrogens (tertiary/aromatic N) is 1. The number of hydrogen-bond donors (Lipinski definition) is 1. The van der Waals surface area contributed by atoms with Gasteiger partial charge in [0.15, 0.2) is 11.4 Å². The van der Waals surface area contributed by atoms with Crippen molar-refractivity contribution in [1.29, 1.82) is 0 Å². The minimum atomic E-state index is -1.78. The van der Waals surface area contributed by atoms with Gasteiger partial charge in [-0.05, 0) is 49.8 Å². The van der Waals surface area contributed by atoms with Crippen molar-refractivity contribution in [2.24, 2.45) is 5.92 Å². The Morgan fingerprint density at radius 1 is 1.33 bits per heavy atom. The molecule has 0 spiro atoms. The summed E-state index contributed by atoms with van der Waals surface area (Å²) in [7, 11) is 0. The summed E-state index contributed by atoms with van der Waals surface area (Å²) in [5.74, 6) is -1.28. The Morgan fingerprint density at radius 3 is 2.67 bits per heavy atom. The third-order valence-electron chi connectivity index (χ3n) is 5.24. The van der Waals surface area contributed by atoms with Gasteiger partial charge in [-0.3, -0.25) is 14.9 Å². The molecule has 0 unspecified atom stereocenters. The Kier molecular flexibility index (Phi) is 3.13. The third kappa shape index (κ3) is 1.91. The van der Waals surface area contributed by atoms with Crippen LogP contribution in [-0.2, 0) is 4.79 Å². The van der Waals surface area contributed by atoms with Crippen LogP contribution in [0.3, 0.4) is 0 Å². The first-order valence-electron chi connectivity index (χ1n) is 7.33. The molecule has 1 aromatic carbocycles. The van der Waals surface area contributed by atoms with Crippen molar-refractivity contribution >= 4 is 5.78 Å². The summed E-state index contributed by atoms with van der Waals surface area (Å²) in [6.45, 7) is 3.94. The van der Waals surface area contributed by atoms with Gasteiger partial charge in [-0.25, -0.2) is 0 Å². The second-order valence-corrected chi connectivity index (χ2v) is 6.39. The molecule has 2 aliphatic carbocycles. The topological polar surface area (TPSA) is 80.4 Å². The molecule has 2 aliphatic rings. The van der Waals surface area contributed by atoms with E-state index in [9.17, 15) is 20.0 Å². The highest BCUT2D eigenvalue weighted by molar-refractivity contribution is 5.94. The van der Waals surface area contributed by atoms with Gasteiger partial charge in [0.1, 0.15) is 0 Å². The molecule has 3 rings (SSSR count). The van der Waals surface area contributed by atoms with E-state index in [0.717, 1.165) is 16.7 Å². The Labute approximate surface area is 123 Å². The fourth-order valence-corrected chi connectivity index (χ4v) is 4.01. The van der Waals surface area contributed by atoms with Crippen LogP contribution >= 0.6 is 0 Å². The van der Waals surface area contributed by atoms with Crippen molar-refractivity contribution in [3.8, 4) is 0 Å². The molecule has 2 bridgehead atoms. The van der Waals surface area contributed by atoms with E-state index in [-0.39, 0.29) is 12.2 Å². The number of carbonyl (C=O) groups is 1. The molecule has 0 aromatic heterocycles. The lowest BCUT2D eigenvalue weighted by Gasteiger charge is -2.25. The summed E-state index contributed by atoms with van der Waals surface area (Å²) in [6, 6.07) is 4.49. The molecule has 0 radical (unpaired) electrons. The lowest BCUT2D eigenvalue weighted by Crippen LogP contribution is -2.49. The lowest BCUT2D eigenvalue weighted by molar-refractivity contribution is -0.542. The van der Waals surface area contributed by atoms with Crippen LogP contribution in [0.4, 0.5) is 0 Å². The Morgan fingerprint density at radius 2 is 2.05 bits per heavy atom. The van der Waals surface area contributed by atoms with Crippen LogP contribution in [0.15, 0.2) is 18.2 Å². The van der Waals surface area contributed by atoms with Gasteiger partial charge in [-0.15, -0.1) is 0 Å².